The molecule has 0 bridgehead atoms. The summed E-state index contributed by atoms with van der Waals surface area (Å²) in [5.74, 6) is 0.891. The third-order valence-corrected chi connectivity index (χ3v) is 4.24. The summed E-state index contributed by atoms with van der Waals surface area (Å²) in [6.45, 7) is 0.0190. The summed E-state index contributed by atoms with van der Waals surface area (Å²) in [5.41, 5.74) is 1.04. The second kappa shape index (κ2) is 9.45. The maximum atomic E-state index is 13.1. The molecule has 1 heterocycles. The van der Waals surface area contributed by atoms with Gasteiger partial charge in [-0.25, -0.2) is 0 Å². The van der Waals surface area contributed by atoms with Gasteiger partial charge in [0.15, 0.2) is 11.5 Å². The molecular formula is C22H22N2O5. The number of carbonyl (C=O) groups excluding carboxylic acids is 2. The number of anilines is 1. The molecule has 0 aliphatic heterocycles. The van der Waals surface area contributed by atoms with Gasteiger partial charge in [-0.2, -0.15) is 0 Å². The molecule has 3 rings (SSSR count). The second-order valence-corrected chi connectivity index (χ2v) is 6.22. The highest BCUT2D eigenvalue weighted by Crippen LogP contribution is 2.28. The van der Waals surface area contributed by atoms with Crippen LogP contribution in [0.15, 0.2) is 71.3 Å². The molecule has 150 valence electrons. The largest absolute Gasteiger partial charge is 0.493 e. The number of para-hydroxylation sites is 1. The van der Waals surface area contributed by atoms with Crippen molar-refractivity contribution in [1.82, 2.24) is 4.90 Å². The fourth-order valence-corrected chi connectivity index (χ4v) is 2.84. The molecule has 29 heavy (non-hydrogen) atoms. The minimum atomic E-state index is -0.328. The van der Waals surface area contributed by atoms with Crippen molar-refractivity contribution < 1.29 is 23.5 Å². The number of carbonyl (C=O) groups is 2. The molecular weight excluding hydrogens is 372 g/mol. The van der Waals surface area contributed by atoms with Crippen molar-refractivity contribution in [3.8, 4) is 11.5 Å². The minimum absolute atomic E-state index is 0.136. The molecule has 3 aromatic rings. The topological polar surface area (TPSA) is 81.0 Å². The number of hydrogen-bond acceptors (Lipinski definition) is 5. The first-order valence-corrected chi connectivity index (χ1v) is 8.99. The van der Waals surface area contributed by atoms with E-state index >= 15 is 0 Å². The summed E-state index contributed by atoms with van der Waals surface area (Å²) in [7, 11) is 3.02. The van der Waals surface area contributed by atoms with Gasteiger partial charge in [0.05, 0.1) is 27.0 Å². The lowest BCUT2D eigenvalue weighted by atomic mass is 10.1. The first kappa shape index (κ1) is 20.0. The number of amides is 2. The van der Waals surface area contributed by atoms with Crippen molar-refractivity contribution in [3.63, 3.8) is 0 Å². The van der Waals surface area contributed by atoms with Gasteiger partial charge in [0, 0.05) is 11.3 Å². The van der Waals surface area contributed by atoms with Gasteiger partial charge in [-0.1, -0.05) is 18.2 Å². The number of hydrogen-bond donors (Lipinski definition) is 1. The van der Waals surface area contributed by atoms with Gasteiger partial charge in [0.25, 0.3) is 5.91 Å². The first-order valence-electron chi connectivity index (χ1n) is 8.99. The molecule has 0 saturated heterocycles. The molecule has 7 nitrogen and oxygen atoms in total. The van der Waals surface area contributed by atoms with Crippen LogP contribution in [-0.4, -0.2) is 37.5 Å². The fraction of sp³-hybridized carbons (Fsp3) is 0.182. The van der Waals surface area contributed by atoms with Crippen LogP contribution in [0.5, 0.6) is 11.5 Å². The summed E-state index contributed by atoms with van der Waals surface area (Å²) in [5, 5.41) is 2.79. The monoisotopic (exact) mass is 394 g/mol. The van der Waals surface area contributed by atoms with E-state index in [9.17, 15) is 9.59 Å². The SMILES string of the molecule is COc1ccc(C(=O)N(CC(=O)Nc2ccccc2)Cc2ccco2)cc1OC. The van der Waals surface area contributed by atoms with Gasteiger partial charge in [0.1, 0.15) is 12.3 Å². The van der Waals surface area contributed by atoms with Crippen LogP contribution < -0.4 is 14.8 Å². The van der Waals surface area contributed by atoms with E-state index < -0.39 is 0 Å². The van der Waals surface area contributed by atoms with Crippen LogP contribution in [0.1, 0.15) is 16.1 Å². The highest BCUT2D eigenvalue weighted by molar-refractivity contribution is 5.99. The molecule has 0 fully saturated rings. The van der Waals surface area contributed by atoms with E-state index in [2.05, 4.69) is 5.32 Å². The summed E-state index contributed by atoms with van der Waals surface area (Å²) in [4.78, 5) is 27.1. The summed E-state index contributed by atoms with van der Waals surface area (Å²) < 4.78 is 15.9. The van der Waals surface area contributed by atoms with Gasteiger partial charge in [0.2, 0.25) is 5.91 Å². The van der Waals surface area contributed by atoms with E-state index in [1.165, 1.54) is 25.4 Å². The lowest BCUT2D eigenvalue weighted by Crippen LogP contribution is -2.37. The molecule has 2 aromatic carbocycles. The second-order valence-electron chi connectivity index (χ2n) is 6.22. The van der Waals surface area contributed by atoms with Gasteiger partial charge < -0.3 is 24.1 Å². The van der Waals surface area contributed by atoms with Crippen LogP contribution in [0, 0.1) is 0 Å². The van der Waals surface area contributed by atoms with E-state index in [0.29, 0.717) is 28.5 Å². The van der Waals surface area contributed by atoms with Gasteiger partial charge in [-0.3, -0.25) is 9.59 Å². The Kier molecular flexibility index (Phi) is 6.52. The van der Waals surface area contributed by atoms with Crippen LogP contribution in [0.3, 0.4) is 0 Å². The zero-order valence-corrected chi connectivity index (χ0v) is 16.3. The third kappa shape index (κ3) is 5.16. The minimum Gasteiger partial charge on any atom is -0.493 e. The van der Waals surface area contributed by atoms with Crippen molar-refractivity contribution >= 4 is 17.5 Å². The molecule has 0 unspecified atom stereocenters. The summed E-state index contributed by atoms with van der Waals surface area (Å²) in [6.07, 6.45) is 1.53. The number of methoxy groups -OCH3 is 2. The van der Waals surface area contributed by atoms with E-state index in [1.807, 2.05) is 18.2 Å². The lowest BCUT2D eigenvalue weighted by molar-refractivity contribution is -0.117. The molecule has 0 aliphatic rings. The van der Waals surface area contributed by atoms with Crippen LogP contribution in [-0.2, 0) is 11.3 Å². The van der Waals surface area contributed by atoms with Crippen molar-refractivity contribution in [2.45, 2.75) is 6.54 Å². The van der Waals surface area contributed by atoms with Gasteiger partial charge >= 0.3 is 0 Å². The van der Waals surface area contributed by atoms with Crippen molar-refractivity contribution in [3.05, 3.63) is 78.3 Å². The molecule has 0 saturated carbocycles. The Morgan fingerprint density at radius 1 is 0.966 bits per heavy atom. The zero-order valence-electron chi connectivity index (χ0n) is 16.3. The Morgan fingerprint density at radius 3 is 2.38 bits per heavy atom. The van der Waals surface area contributed by atoms with Crippen LogP contribution in [0.2, 0.25) is 0 Å². The Bertz CT molecular complexity index is 955. The smallest absolute Gasteiger partial charge is 0.254 e. The molecule has 0 spiro atoms. The zero-order chi connectivity index (χ0) is 20.6. The van der Waals surface area contributed by atoms with E-state index in [0.717, 1.165) is 0 Å². The Hall–Kier alpha value is -3.74. The van der Waals surface area contributed by atoms with Gasteiger partial charge in [-0.05, 0) is 42.5 Å². The highest BCUT2D eigenvalue weighted by atomic mass is 16.5. The maximum absolute atomic E-state index is 13.1. The van der Waals surface area contributed by atoms with Crippen LogP contribution in [0.25, 0.3) is 0 Å². The van der Waals surface area contributed by atoms with Crippen LogP contribution >= 0.6 is 0 Å². The van der Waals surface area contributed by atoms with Crippen molar-refractivity contribution in [2.75, 3.05) is 26.1 Å². The normalized spacial score (nSPS) is 10.3. The maximum Gasteiger partial charge on any atom is 0.254 e. The molecule has 2 amide bonds. The van der Waals surface area contributed by atoms with Crippen LogP contribution in [0.4, 0.5) is 5.69 Å². The van der Waals surface area contributed by atoms with Crippen molar-refractivity contribution in [1.29, 1.82) is 0 Å². The fourth-order valence-electron chi connectivity index (χ4n) is 2.84. The molecule has 0 atom stereocenters. The number of furan rings is 1. The number of nitrogens with one attached hydrogen (secondary N) is 1. The number of nitrogens with zero attached hydrogens (tertiary/aromatic N) is 1. The Morgan fingerprint density at radius 2 is 1.72 bits per heavy atom. The van der Waals surface area contributed by atoms with Crippen molar-refractivity contribution in [2.24, 2.45) is 0 Å². The number of ether oxygens (including phenoxy) is 2. The molecule has 1 aromatic heterocycles. The average molecular weight is 394 g/mol. The number of rotatable bonds is 8. The first-order chi connectivity index (χ1) is 14.1. The Labute approximate surface area is 168 Å². The lowest BCUT2D eigenvalue weighted by Gasteiger charge is -2.22. The number of benzene rings is 2. The van der Waals surface area contributed by atoms with E-state index in [-0.39, 0.29) is 24.9 Å². The summed E-state index contributed by atoms with van der Waals surface area (Å²) in [6, 6.07) is 17.4. The van der Waals surface area contributed by atoms with Gasteiger partial charge in [-0.15, -0.1) is 0 Å². The third-order valence-electron chi connectivity index (χ3n) is 4.24. The molecule has 0 aliphatic carbocycles. The molecule has 7 heteroatoms. The predicted octanol–water partition coefficient (Wildman–Crippen LogP) is 3.58. The highest BCUT2D eigenvalue weighted by Gasteiger charge is 2.22. The predicted molar refractivity (Wildman–Crippen MR) is 108 cm³/mol. The average Bonchev–Trinajstić information content (AvgIpc) is 3.26. The van der Waals surface area contributed by atoms with E-state index in [4.69, 9.17) is 13.9 Å². The van der Waals surface area contributed by atoms with E-state index in [1.54, 1.807) is 42.5 Å². The summed E-state index contributed by atoms with van der Waals surface area (Å²) >= 11 is 0. The Balaban J connectivity index is 1.81. The quantitative estimate of drug-likeness (QED) is 0.632. The molecule has 1 N–H and O–H groups in total. The molecule has 0 radical (unpaired) electrons. The standard InChI is InChI=1S/C22H22N2O5/c1-27-19-11-10-16(13-20(19)28-2)22(26)24(14-18-9-6-12-29-18)15-21(25)23-17-7-4-3-5-8-17/h3-13H,14-15H2,1-2H3,(H,23,25).